The Morgan fingerprint density at radius 3 is 2.86 bits per heavy atom. The van der Waals surface area contributed by atoms with E-state index in [1.807, 2.05) is 11.4 Å². The third-order valence-corrected chi connectivity index (χ3v) is 7.49. The molecule has 2 aliphatic carbocycles. The first-order chi connectivity index (χ1) is 14.0. The Labute approximate surface area is 174 Å². The lowest BCUT2D eigenvalue weighted by atomic mass is 9.82. The molecule has 1 aromatic carbocycles. The first-order valence-electron chi connectivity index (χ1n) is 10.4. The first-order valence-corrected chi connectivity index (χ1v) is 11.3. The summed E-state index contributed by atoms with van der Waals surface area (Å²) in [5, 5.41) is 24.5. The molecule has 0 radical (unpaired) electrons. The fourth-order valence-electron chi connectivity index (χ4n) is 5.14. The summed E-state index contributed by atoms with van der Waals surface area (Å²) in [7, 11) is 0. The number of aliphatic carboxylic acids is 1. The van der Waals surface area contributed by atoms with Gasteiger partial charge in [-0.1, -0.05) is 12.2 Å². The van der Waals surface area contributed by atoms with Crippen LogP contribution in [0.25, 0.3) is 10.1 Å². The standard InChI is InChI=1S/C23H27NO4S/c25-16-9-10-20-18(12-16)19(13-29-20)23(28)24-22-15-8-7-14(11-15)17(22)5-3-1-2-4-6-21(26)27/h1,3,9-10,12-15,17,22,25H,2,4-8,11H2,(H,24,28)(H,26,27)/b3-1-/t14-,15+,17-,22-/m0/s1. The van der Waals surface area contributed by atoms with E-state index in [2.05, 4.69) is 17.5 Å². The third kappa shape index (κ3) is 4.32. The highest BCUT2D eigenvalue weighted by atomic mass is 32.1. The number of fused-ring (bicyclic) bond motifs is 3. The van der Waals surface area contributed by atoms with Crippen LogP contribution in [-0.4, -0.2) is 28.1 Å². The predicted octanol–water partition coefficient (Wildman–Crippen LogP) is 4.95. The third-order valence-electron chi connectivity index (χ3n) is 6.52. The molecule has 6 heteroatoms. The van der Waals surface area contributed by atoms with Crippen LogP contribution in [0.3, 0.4) is 0 Å². The minimum atomic E-state index is -0.747. The average Bonchev–Trinajstić information content (AvgIpc) is 3.39. The summed E-state index contributed by atoms with van der Waals surface area (Å²) in [6.07, 6.45) is 10.5. The van der Waals surface area contributed by atoms with Gasteiger partial charge in [-0.25, -0.2) is 0 Å². The topological polar surface area (TPSA) is 86.6 Å². The van der Waals surface area contributed by atoms with Crippen molar-refractivity contribution in [3.63, 3.8) is 0 Å². The highest BCUT2D eigenvalue weighted by Crippen LogP contribution is 2.50. The number of carbonyl (C=O) groups excluding carboxylic acids is 1. The lowest BCUT2D eigenvalue weighted by Crippen LogP contribution is -2.43. The summed E-state index contributed by atoms with van der Waals surface area (Å²) in [5.74, 6) is 1.05. The molecule has 0 aliphatic heterocycles. The van der Waals surface area contributed by atoms with Gasteiger partial charge in [0.15, 0.2) is 0 Å². The van der Waals surface area contributed by atoms with Gasteiger partial charge in [-0.05, 0) is 74.5 Å². The van der Waals surface area contributed by atoms with E-state index in [-0.39, 0.29) is 24.1 Å². The van der Waals surface area contributed by atoms with Gasteiger partial charge < -0.3 is 15.5 Å². The molecule has 0 saturated heterocycles. The Hall–Kier alpha value is -2.34. The van der Waals surface area contributed by atoms with Crippen LogP contribution in [0.1, 0.15) is 55.3 Å². The summed E-state index contributed by atoms with van der Waals surface area (Å²) in [6.45, 7) is 0. The number of unbranched alkanes of at least 4 members (excludes halogenated alkanes) is 1. The van der Waals surface area contributed by atoms with E-state index in [1.54, 1.807) is 12.1 Å². The van der Waals surface area contributed by atoms with Crippen molar-refractivity contribution >= 4 is 33.3 Å². The van der Waals surface area contributed by atoms with Crippen molar-refractivity contribution < 1.29 is 19.8 Å². The van der Waals surface area contributed by atoms with Crippen LogP contribution >= 0.6 is 11.3 Å². The monoisotopic (exact) mass is 413 g/mol. The number of amides is 1. The zero-order valence-corrected chi connectivity index (χ0v) is 17.2. The van der Waals surface area contributed by atoms with Gasteiger partial charge in [0.25, 0.3) is 5.91 Å². The van der Waals surface area contributed by atoms with Crippen molar-refractivity contribution in [2.75, 3.05) is 0 Å². The molecule has 1 aromatic heterocycles. The number of carbonyl (C=O) groups is 2. The van der Waals surface area contributed by atoms with Crippen molar-refractivity contribution in [3.05, 3.63) is 41.3 Å². The van der Waals surface area contributed by atoms with Crippen LogP contribution < -0.4 is 5.32 Å². The molecule has 0 unspecified atom stereocenters. The molecule has 2 aliphatic rings. The van der Waals surface area contributed by atoms with E-state index in [0.29, 0.717) is 29.7 Å². The number of thiophene rings is 1. The Bertz CT molecular complexity index is 934. The molecule has 2 bridgehead atoms. The number of carboxylic acid groups (broad SMARTS) is 1. The van der Waals surface area contributed by atoms with Gasteiger partial charge in [-0.15, -0.1) is 11.3 Å². The van der Waals surface area contributed by atoms with Gasteiger partial charge in [0.05, 0.1) is 5.56 Å². The van der Waals surface area contributed by atoms with Crippen LogP contribution in [0.2, 0.25) is 0 Å². The highest BCUT2D eigenvalue weighted by molar-refractivity contribution is 7.17. The fourth-order valence-corrected chi connectivity index (χ4v) is 6.06. The van der Waals surface area contributed by atoms with E-state index in [4.69, 9.17) is 5.11 Å². The van der Waals surface area contributed by atoms with Crippen molar-refractivity contribution in [1.29, 1.82) is 0 Å². The Balaban J connectivity index is 1.41. The Morgan fingerprint density at radius 2 is 2.03 bits per heavy atom. The molecule has 1 amide bonds. The van der Waals surface area contributed by atoms with Crippen molar-refractivity contribution in [3.8, 4) is 5.75 Å². The maximum Gasteiger partial charge on any atom is 0.303 e. The second-order valence-electron chi connectivity index (χ2n) is 8.32. The van der Waals surface area contributed by atoms with E-state index in [1.165, 1.54) is 30.6 Å². The van der Waals surface area contributed by atoms with Gasteiger partial charge in [0.2, 0.25) is 0 Å². The zero-order chi connectivity index (χ0) is 20.4. The predicted molar refractivity (Wildman–Crippen MR) is 114 cm³/mol. The molecular weight excluding hydrogens is 386 g/mol. The van der Waals surface area contributed by atoms with Crippen LogP contribution in [-0.2, 0) is 4.79 Å². The summed E-state index contributed by atoms with van der Waals surface area (Å²) >= 11 is 1.52. The van der Waals surface area contributed by atoms with Crippen LogP contribution in [0.15, 0.2) is 35.7 Å². The number of hydrogen-bond acceptors (Lipinski definition) is 4. The quantitative estimate of drug-likeness (QED) is 0.422. The summed E-state index contributed by atoms with van der Waals surface area (Å²) in [6, 6.07) is 5.35. The number of phenols is 1. The molecule has 29 heavy (non-hydrogen) atoms. The number of nitrogens with one attached hydrogen (secondary N) is 1. The molecule has 5 nitrogen and oxygen atoms in total. The molecule has 4 atom stereocenters. The van der Waals surface area contributed by atoms with E-state index < -0.39 is 5.97 Å². The minimum Gasteiger partial charge on any atom is -0.508 e. The number of rotatable bonds is 8. The second kappa shape index (κ2) is 8.57. The summed E-state index contributed by atoms with van der Waals surface area (Å²) in [5.41, 5.74) is 0.645. The Kier molecular flexibility index (Phi) is 5.90. The van der Waals surface area contributed by atoms with Gasteiger partial charge in [-0.3, -0.25) is 9.59 Å². The van der Waals surface area contributed by atoms with Gasteiger partial charge in [0, 0.05) is 27.9 Å². The van der Waals surface area contributed by atoms with Crippen molar-refractivity contribution in [2.24, 2.45) is 17.8 Å². The molecule has 2 aromatic rings. The van der Waals surface area contributed by atoms with Crippen molar-refractivity contribution in [2.45, 2.75) is 51.0 Å². The molecule has 2 saturated carbocycles. The molecule has 0 spiro atoms. The normalized spacial score (nSPS) is 25.8. The summed E-state index contributed by atoms with van der Waals surface area (Å²) < 4.78 is 1.00. The lowest BCUT2D eigenvalue weighted by molar-refractivity contribution is -0.137. The smallest absolute Gasteiger partial charge is 0.303 e. The minimum absolute atomic E-state index is 0.0464. The molecule has 154 valence electrons. The van der Waals surface area contributed by atoms with Gasteiger partial charge >= 0.3 is 5.97 Å². The van der Waals surface area contributed by atoms with E-state index in [9.17, 15) is 14.7 Å². The lowest BCUT2D eigenvalue weighted by Gasteiger charge is -2.31. The second-order valence-corrected chi connectivity index (χ2v) is 9.23. The largest absolute Gasteiger partial charge is 0.508 e. The van der Waals surface area contributed by atoms with Gasteiger partial charge in [0.1, 0.15) is 5.75 Å². The fraction of sp³-hybridized carbons (Fsp3) is 0.478. The number of carboxylic acids is 1. The van der Waals surface area contributed by atoms with Crippen molar-refractivity contribution in [1.82, 2.24) is 5.32 Å². The Morgan fingerprint density at radius 1 is 1.21 bits per heavy atom. The molecule has 1 heterocycles. The van der Waals surface area contributed by atoms with Crippen LogP contribution in [0, 0.1) is 17.8 Å². The SMILES string of the molecule is O=C(O)CCC/C=C\C[C@H]1[C@H]2CC[C@H](C2)[C@@H]1NC(=O)c1csc2ccc(O)cc12. The zero-order valence-electron chi connectivity index (χ0n) is 16.3. The molecule has 4 rings (SSSR count). The number of benzene rings is 1. The van der Waals surface area contributed by atoms with E-state index >= 15 is 0 Å². The summed E-state index contributed by atoms with van der Waals surface area (Å²) in [4.78, 5) is 23.6. The first kappa shape index (κ1) is 20.0. The number of aromatic hydroxyl groups is 1. The maximum absolute atomic E-state index is 13.0. The maximum atomic E-state index is 13.0. The highest BCUT2D eigenvalue weighted by Gasteiger charge is 2.47. The average molecular weight is 414 g/mol. The number of phenolic OH excluding ortho intramolecular Hbond substituents is 1. The van der Waals surface area contributed by atoms with Crippen LogP contribution in [0.4, 0.5) is 0 Å². The number of allylic oxidation sites excluding steroid dienone is 2. The van der Waals surface area contributed by atoms with Crippen LogP contribution in [0.5, 0.6) is 5.75 Å². The van der Waals surface area contributed by atoms with Gasteiger partial charge in [-0.2, -0.15) is 0 Å². The van der Waals surface area contributed by atoms with E-state index in [0.717, 1.165) is 22.9 Å². The molecular formula is C23H27NO4S. The molecule has 2 fully saturated rings. The molecule has 3 N–H and O–H groups in total. The number of hydrogen-bond donors (Lipinski definition) is 3.